The van der Waals surface area contributed by atoms with Crippen molar-refractivity contribution < 1.29 is 13.0 Å². The van der Waals surface area contributed by atoms with Gasteiger partial charge in [0.1, 0.15) is 0 Å². The molecule has 0 amide bonds. The van der Waals surface area contributed by atoms with Crippen molar-refractivity contribution in [1.29, 1.82) is 0 Å². The molecule has 128 valence electrons. The van der Waals surface area contributed by atoms with E-state index in [1.807, 2.05) is 55.4 Å². The van der Waals surface area contributed by atoms with Crippen LogP contribution in [0.3, 0.4) is 0 Å². The van der Waals surface area contributed by atoms with Gasteiger partial charge in [-0.05, 0) is 30.3 Å². The molecule has 0 atom stereocenters. The minimum absolute atomic E-state index is 0.211. The van der Waals surface area contributed by atoms with Crippen molar-refractivity contribution in [3.05, 3.63) is 60.7 Å². The van der Waals surface area contributed by atoms with Gasteiger partial charge in [0, 0.05) is 30.6 Å². The highest BCUT2D eigenvalue weighted by Gasteiger charge is 2.10. The Kier molecular flexibility index (Phi) is 4.52. The Bertz CT molecular complexity index is 1060. The molecular formula is C18H17N3O3S. The Morgan fingerprint density at radius 2 is 1.60 bits per heavy atom. The fourth-order valence-corrected chi connectivity index (χ4v) is 3.08. The SMILES string of the molecule is CN(C)c1ccc(N=Nc2cccc(S(=O)(=O)O)c2)c2ccccc12. The maximum absolute atomic E-state index is 11.2. The lowest BCUT2D eigenvalue weighted by Gasteiger charge is -2.16. The molecular weight excluding hydrogens is 338 g/mol. The molecule has 7 heteroatoms. The Hall–Kier alpha value is -2.77. The normalized spacial score (nSPS) is 12.0. The van der Waals surface area contributed by atoms with Gasteiger partial charge in [0.25, 0.3) is 10.1 Å². The molecule has 3 rings (SSSR count). The molecule has 25 heavy (non-hydrogen) atoms. The van der Waals surface area contributed by atoms with E-state index in [1.165, 1.54) is 18.2 Å². The molecule has 0 spiro atoms. The molecule has 0 aliphatic carbocycles. The molecule has 1 N–H and O–H groups in total. The van der Waals surface area contributed by atoms with E-state index in [9.17, 15) is 8.42 Å². The lowest BCUT2D eigenvalue weighted by molar-refractivity contribution is 0.483. The smallest absolute Gasteiger partial charge is 0.294 e. The van der Waals surface area contributed by atoms with Crippen molar-refractivity contribution in [2.45, 2.75) is 4.90 Å². The molecule has 0 heterocycles. The molecule has 0 aliphatic heterocycles. The Morgan fingerprint density at radius 3 is 2.28 bits per heavy atom. The number of hydrogen-bond donors (Lipinski definition) is 1. The summed E-state index contributed by atoms with van der Waals surface area (Å²) in [5.74, 6) is 0. The van der Waals surface area contributed by atoms with Gasteiger partial charge in [0.15, 0.2) is 0 Å². The van der Waals surface area contributed by atoms with Crippen LogP contribution in [-0.4, -0.2) is 27.1 Å². The third kappa shape index (κ3) is 3.67. The van der Waals surface area contributed by atoms with Crippen LogP contribution in [0.1, 0.15) is 0 Å². The van der Waals surface area contributed by atoms with Gasteiger partial charge in [-0.15, -0.1) is 5.11 Å². The average Bonchev–Trinajstić information content (AvgIpc) is 2.59. The van der Waals surface area contributed by atoms with E-state index in [2.05, 4.69) is 10.2 Å². The summed E-state index contributed by atoms with van der Waals surface area (Å²) >= 11 is 0. The first-order valence-corrected chi connectivity index (χ1v) is 8.98. The summed E-state index contributed by atoms with van der Waals surface area (Å²) in [6, 6.07) is 17.4. The lowest BCUT2D eigenvalue weighted by Crippen LogP contribution is -2.08. The fourth-order valence-electron chi connectivity index (χ4n) is 2.56. The Morgan fingerprint density at radius 1 is 0.880 bits per heavy atom. The zero-order valence-corrected chi connectivity index (χ0v) is 14.6. The number of fused-ring (bicyclic) bond motifs is 1. The first-order chi connectivity index (χ1) is 11.9. The summed E-state index contributed by atoms with van der Waals surface area (Å²) < 4.78 is 31.5. The van der Waals surface area contributed by atoms with Gasteiger partial charge in [-0.25, -0.2) is 0 Å². The minimum atomic E-state index is -4.27. The van der Waals surface area contributed by atoms with Crippen LogP contribution in [-0.2, 0) is 10.1 Å². The van der Waals surface area contributed by atoms with Gasteiger partial charge in [0.2, 0.25) is 0 Å². The third-order valence-corrected chi connectivity index (χ3v) is 4.60. The van der Waals surface area contributed by atoms with E-state index in [0.717, 1.165) is 16.5 Å². The monoisotopic (exact) mass is 355 g/mol. The summed E-state index contributed by atoms with van der Waals surface area (Å²) in [5.41, 5.74) is 2.09. The van der Waals surface area contributed by atoms with Crippen LogP contribution in [0.15, 0.2) is 75.8 Å². The number of nitrogens with zero attached hydrogens (tertiary/aromatic N) is 3. The molecule has 6 nitrogen and oxygen atoms in total. The fraction of sp³-hybridized carbons (Fsp3) is 0.111. The lowest BCUT2D eigenvalue weighted by atomic mass is 10.1. The summed E-state index contributed by atoms with van der Waals surface area (Å²) in [5, 5.41) is 10.4. The highest BCUT2D eigenvalue weighted by atomic mass is 32.2. The second kappa shape index (κ2) is 6.62. The van der Waals surface area contributed by atoms with Crippen LogP contribution in [0, 0.1) is 0 Å². The van der Waals surface area contributed by atoms with Crippen molar-refractivity contribution in [3.8, 4) is 0 Å². The zero-order valence-electron chi connectivity index (χ0n) is 13.8. The van der Waals surface area contributed by atoms with Crippen LogP contribution in [0.4, 0.5) is 17.1 Å². The number of benzene rings is 3. The molecule has 0 aromatic heterocycles. The Balaban J connectivity index is 2.04. The summed E-state index contributed by atoms with van der Waals surface area (Å²) in [4.78, 5) is 1.82. The molecule has 0 fully saturated rings. The highest BCUT2D eigenvalue weighted by molar-refractivity contribution is 7.85. The highest BCUT2D eigenvalue weighted by Crippen LogP contribution is 2.34. The van der Waals surface area contributed by atoms with Crippen molar-refractivity contribution in [3.63, 3.8) is 0 Å². The molecule has 3 aromatic carbocycles. The minimum Gasteiger partial charge on any atom is -0.377 e. The first-order valence-electron chi connectivity index (χ1n) is 7.54. The van der Waals surface area contributed by atoms with Crippen molar-refractivity contribution in [2.75, 3.05) is 19.0 Å². The maximum atomic E-state index is 11.2. The van der Waals surface area contributed by atoms with Gasteiger partial charge < -0.3 is 4.90 Å². The molecule has 0 aliphatic rings. The molecule has 0 saturated carbocycles. The Labute approximate surface area is 146 Å². The summed E-state index contributed by atoms with van der Waals surface area (Å²) in [7, 11) is -0.313. The number of rotatable bonds is 4. The summed E-state index contributed by atoms with van der Waals surface area (Å²) in [6.45, 7) is 0. The second-order valence-corrected chi connectivity index (χ2v) is 7.14. The molecule has 0 saturated heterocycles. The van der Waals surface area contributed by atoms with E-state index >= 15 is 0 Å². The van der Waals surface area contributed by atoms with Gasteiger partial charge in [-0.3, -0.25) is 4.55 Å². The van der Waals surface area contributed by atoms with Crippen LogP contribution >= 0.6 is 0 Å². The predicted molar refractivity (Wildman–Crippen MR) is 98.7 cm³/mol. The molecule has 0 unspecified atom stereocenters. The topological polar surface area (TPSA) is 82.3 Å². The van der Waals surface area contributed by atoms with Gasteiger partial charge in [-0.1, -0.05) is 30.3 Å². The quantitative estimate of drug-likeness (QED) is 0.549. The van der Waals surface area contributed by atoms with Gasteiger partial charge in [-0.2, -0.15) is 13.5 Å². The van der Waals surface area contributed by atoms with E-state index in [1.54, 1.807) is 6.07 Å². The van der Waals surface area contributed by atoms with Crippen molar-refractivity contribution >= 4 is 38.0 Å². The molecule has 0 bridgehead atoms. The van der Waals surface area contributed by atoms with Crippen molar-refractivity contribution in [1.82, 2.24) is 0 Å². The standard InChI is InChI=1S/C18H17N3O3S/c1-21(2)18-11-10-17(15-8-3-4-9-16(15)18)20-19-13-6-5-7-14(12-13)25(22,23)24/h3-12H,1-2H3,(H,22,23,24). The maximum Gasteiger partial charge on any atom is 0.294 e. The van der Waals surface area contributed by atoms with Crippen LogP contribution in [0.5, 0.6) is 0 Å². The third-order valence-electron chi connectivity index (χ3n) is 3.75. The van der Waals surface area contributed by atoms with Gasteiger partial charge in [0.05, 0.1) is 16.3 Å². The van der Waals surface area contributed by atoms with E-state index in [0.29, 0.717) is 11.4 Å². The summed E-state index contributed by atoms with van der Waals surface area (Å²) in [6.07, 6.45) is 0. The van der Waals surface area contributed by atoms with E-state index in [4.69, 9.17) is 4.55 Å². The number of anilines is 1. The number of hydrogen-bond acceptors (Lipinski definition) is 5. The van der Waals surface area contributed by atoms with Crippen LogP contribution in [0.25, 0.3) is 10.8 Å². The van der Waals surface area contributed by atoms with Crippen LogP contribution < -0.4 is 4.90 Å². The van der Waals surface area contributed by atoms with E-state index in [-0.39, 0.29) is 4.90 Å². The van der Waals surface area contributed by atoms with E-state index < -0.39 is 10.1 Å². The average molecular weight is 355 g/mol. The predicted octanol–water partition coefficient (Wildman–Crippen LogP) is 4.57. The zero-order chi connectivity index (χ0) is 18.0. The number of azo groups is 1. The second-order valence-electron chi connectivity index (χ2n) is 5.72. The van der Waals surface area contributed by atoms with Crippen molar-refractivity contribution in [2.24, 2.45) is 10.2 Å². The largest absolute Gasteiger partial charge is 0.377 e. The first kappa shape index (κ1) is 17.1. The van der Waals surface area contributed by atoms with Gasteiger partial charge >= 0.3 is 0 Å². The molecule has 0 radical (unpaired) electrons. The van der Waals surface area contributed by atoms with Crippen LogP contribution in [0.2, 0.25) is 0 Å². The molecule has 3 aromatic rings.